The van der Waals surface area contributed by atoms with Crippen molar-refractivity contribution >= 4 is 9.84 Å². The van der Waals surface area contributed by atoms with Crippen molar-refractivity contribution in [2.75, 3.05) is 5.75 Å². The smallest absolute Gasteiger partial charge is 0.178 e. The molecule has 25 heavy (non-hydrogen) atoms. The van der Waals surface area contributed by atoms with E-state index < -0.39 is 9.84 Å². The first-order chi connectivity index (χ1) is 11.8. The van der Waals surface area contributed by atoms with Crippen molar-refractivity contribution in [1.29, 1.82) is 0 Å². The topological polar surface area (TPSA) is 54.4 Å². The fraction of sp³-hybridized carbons (Fsp3) is 0.714. The molecule has 0 amide bonds. The van der Waals surface area contributed by atoms with Crippen LogP contribution in [0, 0.1) is 23.2 Å². The minimum Gasteiger partial charge on any atom is -0.393 e. The Morgan fingerprint density at radius 1 is 1.20 bits per heavy atom. The predicted octanol–water partition coefficient (Wildman–Crippen LogP) is 4.45. The van der Waals surface area contributed by atoms with E-state index in [2.05, 4.69) is 13.8 Å². The molecule has 0 spiro atoms. The minimum absolute atomic E-state index is 0.130. The molecule has 0 aromatic heterocycles. The van der Waals surface area contributed by atoms with Gasteiger partial charge in [-0.25, -0.2) is 8.42 Å². The average Bonchev–Trinajstić information content (AvgIpc) is 2.94. The Hall–Kier alpha value is -0.870. The fourth-order valence-corrected chi connectivity index (χ4v) is 7.02. The summed E-state index contributed by atoms with van der Waals surface area (Å²) in [6, 6.07) is 8.78. The summed E-state index contributed by atoms with van der Waals surface area (Å²) in [5, 5.41) is 10.4. The number of rotatable bonds is 6. The Kier molecular flexibility index (Phi) is 5.60. The van der Waals surface area contributed by atoms with Crippen LogP contribution in [0.2, 0.25) is 0 Å². The summed E-state index contributed by atoms with van der Waals surface area (Å²) in [5.74, 6) is 1.82. The van der Waals surface area contributed by atoms with Crippen LogP contribution in [0.4, 0.5) is 0 Å². The number of fused-ring (bicyclic) bond motifs is 1. The van der Waals surface area contributed by atoms with Gasteiger partial charge in [0.25, 0.3) is 0 Å². The van der Waals surface area contributed by atoms with Crippen LogP contribution in [-0.2, 0) is 9.84 Å². The fourth-order valence-electron chi connectivity index (χ4n) is 5.67. The SMILES string of the molecule is CC(CCCS(=O)(=O)c1ccccc1)C1CCC2C(O)CCCC12C. The summed E-state index contributed by atoms with van der Waals surface area (Å²) >= 11 is 0. The molecule has 2 saturated carbocycles. The number of sulfone groups is 1. The highest BCUT2D eigenvalue weighted by atomic mass is 32.2. The first kappa shape index (κ1) is 18.9. The molecule has 4 heteroatoms. The molecule has 0 heterocycles. The zero-order valence-corrected chi connectivity index (χ0v) is 16.3. The second-order valence-corrected chi connectivity index (χ2v) is 10.6. The molecule has 1 N–H and O–H groups in total. The Labute approximate surface area is 152 Å². The molecule has 2 fully saturated rings. The monoisotopic (exact) mass is 364 g/mol. The largest absolute Gasteiger partial charge is 0.393 e. The zero-order valence-electron chi connectivity index (χ0n) is 15.5. The van der Waals surface area contributed by atoms with Gasteiger partial charge in [-0.05, 0) is 73.8 Å². The van der Waals surface area contributed by atoms with Crippen molar-refractivity contribution in [2.45, 2.75) is 69.8 Å². The highest BCUT2D eigenvalue weighted by Gasteiger charge is 2.51. The van der Waals surface area contributed by atoms with E-state index in [1.54, 1.807) is 24.3 Å². The van der Waals surface area contributed by atoms with E-state index in [0.717, 1.165) is 32.1 Å². The zero-order chi connectivity index (χ0) is 18.1. The molecule has 3 rings (SSSR count). The molecule has 1 aromatic rings. The minimum atomic E-state index is -3.17. The summed E-state index contributed by atoms with van der Waals surface area (Å²) in [5.41, 5.74) is 0.245. The predicted molar refractivity (Wildman–Crippen MR) is 101 cm³/mol. The van der Waals surface area contributed by atoms with E-state index >= 15 is 0 Å². The van der Waals surface area contributed by atoms with E-state index in [1.807, 2.05) is 6.07 Å². The third-order valence-corrected chi connectivity index (χ3v) is 8.84. The van der Waals surface area contributed by atoms with Crippen LogP contribution in [0.15, 0.2) is 35.2 Å². The van der Waals surface area contributed by atoms with Gasteiger partial charge in [-0.2, -0.15) is 0 Å². The normalized spacial score (nSPS) is 33.8. The summed E-state index contributed by atoms with van der Waals surface area (Å²) < 4.78 is 24.9. The van der Waals surface area contributed by atoms with Gasteiger partial charge in [0.15, 0.2) is 9.84 Å². The molecule has 0 saturated heterocycles. The molecule has 0 radical (unpaired) electrons. The van der Waals surface area contributed by atoms with Crippen molar-refractivity contribution in [3.8, 4) is 0 Å². The lowest BCUT2D eigenvalue weighted by Crippen LogP contribution is -2.41. The van der Waals surface area contributed by atoms with Gasteiger partial charge in [0.1, 0.15) is 0 Å². The molecule has 5 unspecified atom stereocenters. The van der Waals surface area contributed by atoms with Crippen LogP contribution in [-0.4, -0.2) is 25.4 Å². The molecule has 1 aromatic carbocycles. The average molecular weight is 365 g/mol. The molecular weight excluding hydrogens is 332 g/mol. The third-order valence-electron chi connectivity index (χ3n) is 7.02. The molecule has 3 nitrogen and oxygen atoms in total. The summed E-state index contributed by atoms with van der Waals surface area (Å²) in [6.07, 6.45) is 7.16. The lowest BCUT2D eigenvalue weighted by molar-refractivity contribution is -0.0276. The Morgan fingerprint density at radius 3 is 2.64 bits per heavy atom. The second kappa shape index (κ2) is 7.40. The van der Waals surface area contributed by atoms with E-state index in [-0.39, 0.29) is 17.3 Å². The van der Waals surface area contributed by atoms with Gasteiger partial charge in [0.05, 0.1) is 16.8 Å². The lowest BCUT2D eigenvalue weighted by Gasteiger charge is -2.45. The number of hydrogen-bond donors (Lipinski definition) is 1. The van der Waals surface area contributed by atoms with Gasteiger partial charge in [-0.1, -0.05) is 38.5 Å². The summed E-state index contributed by atoms with van der Waals surface area (Å²) in [7, 11) is -3.17. The number of benzene rings is 1. The third kappa shape index (κ3) is 3.80. The van der Waals surface area contributed by atoms with Crippen molar-refractivity contribution < 1.29 is 13.5 Å². The van der Waals surface area contributed by atoms with Crippen LogP contribution in [0.3, 0.4) is 0 Å². The standard InChI is InChI=1S/C21H32O3S/c1-16(8-7-15-25(23,24)17-9-4-3-5-10-17)18-12-13-19-20(22)11-6-14-21(18,19)2/h3-5,9-10,16,18-20,22H,6-8,11-15H2,1-2H3. The van der Waals surface area contributed by atoms with Crippen molar-refractivity contribution in [3.63, 3.8) is 0 Å². The Morgan fingerprint density at radius 2 is 1.92 bits per heavy atom. The van der Waals surface area contributed by atoms with Crippen molar-refractivity contribution in [3.05, 3.63) is 30.3 Å². The van der Waals surface area contributed by atoms with Crippen molar-refractivity contribution in [2.24, 2.45) is 23.2 Å². The molecule has 2 aliphatic carbocycles. The van der Waals surface area contributed by atoms with Crippen LogP contribution in [0.1, 0.15) is 58.8 Å². The Bertz CT molecular complexity index is 670. The van der Waals surface area contributed by atoms with E-state index in [1.165, 1.54) is 12.8 Å². The first-order valence-corrected chi connectivity index (χ1v) is 11.5. The first-order valence-electron chi connectivity index (χ1n) is 9.80. The van der Waals surface area contributed by atoms with Gasteiger partial charge >= 0.3 is 0 Å². The maximum atomic E-state index is 12.4. The molecule has 2 aliphatic rings. The lowest BCUT2D eigenvalue weighted by atomic mass is 9.61. The number of aliphatic hydroxyl groups is 1. The molecule has 5 atom stereocenters. The number of hydrogen-bond acceptors (Lipinski definition) is 3. The van der Waals surface area contributed by atoms with E-state index in [9.17, 15) is 13.5 Å². The molecule has 0 aliphatic heterocycles. The quantitative estimate of drug-likeness (QED) is 0.811. The second-order valence-electron chi connectivity index (χ2n) is 8.51. The highest BCUT2D eigenvalue weighted by Crippen LogP contribution is 2.58. The summed E-state index contributed by atoms with van der Waals surface area (Å²) in [6.45, 7) is 4.66. The maximum Gasteiger partial charge on any atom is 0.178 e. The molecule has 140 valence electrons. The van der Waals surface area contributed by atoms with Gasteiger partial charge in [0, 0.05) is 0 Å². The number of aliphatic hydroxyl groups excluding tert-OH is 1. The van der Waals surface area contributed by atoms with Crippen molar-refractivity contribution in [1.82, 2.24) is 0 Å². The van der Waals surface area contributed by atoms with Crippen LogP contribution >= 0.6 is 0 Å². The van der Waals surface area contributed by atoms with Crippen LogP contribution < -0.4 is 0 Å². The van der Waals surface area contributed by atoms with E-state index in [4.69, 9.17) is 0 Å². The van der Waals surface area contributed by atoms with Crippen LogP contribution in [0.5, 0.6) is 0 Å². The van der Waals surface area contributed by atoms with Gasteiger partial charge in [-0.3, -0.25) is 0 Å². The van der Waals surface area contributed by atoms with Gasteiger partial charge in [-0.15, -0.1) is 0 Å². The summed E-state index contributed by atoms with van der Waals surface area (Å²) in [4.78, 5) is 0.436. The molecule has 0 bridgehead atoms. The van der Waals surface area contributed by atoms with Gasteiger partial charge < -0.3 is 5.11 Å². The molecular formula is C21H32O3S. The maximum absolute atomic E-state index is 12.4. The van der Waals surface area contributed by atoms with Gasteiger partial charge in [0.2, 0.25) is 0 Å². The van der Waals surface area contributed by atoms with Crippen LogP contribution in [0.25, 0.3) is 0 Å². The Balaban J connectivity index is 1.57. The highest BCUT2D eigenvalue weighted by molar-refractivity contribution is 7.91. The van der Waals surface area contributed by atoms with E-state index in [0.29, 0.717) is 22.6 Å².